The Hall–Kier alpha value is -2.53. The lowest BCUT2D eigenvalue weighted by Gasteiger charge is -2.31. The Balaban J connectivity index is 2.10. The van der Waals surface area contributed by atoms with E-state index in [1.807, 2.05) is 64.3 Å². The monoisotopic (exact) mass is 341 g/mol. The fraction of sp³-hybridized carbons (Fsp3) is 0.350. The van der Waals surface area contributed by atoms with E-state index in [4.69, 9.17) is 4.74 Å². The predicted molar refractivity (Wildman–Crippen MR) is 102 cm³/mol. The van der Waals surface area contributed by atoms with Crippen molar-refractivity contribution in [2.75, 3.05) is 26.5 Å². The van der Waals surface area contributed by atoms with E-state index in [0.717, 1.165) is 11.1 Å². The number of carbonyl (C=O) groups is 1. The Bertz CT molecular complexity index is 701. The van der Waals surface area contributed by atoms with E-state index in [-0.39, 0.29) is 18.1 Å². The number of rotatable bonds is 6. The number of benzene rings is 2. The molecule has 0 radical (unpaired) electrons. The van der Waals surface area contributed by atoms with Crippen LogP contribution in [0.3, 0.4) is 0 Å². The van der Waals surface area contributed by atoms with E-state index in [1.54, 1.807) is 7.11 Å². The number of aryl methyl sites for hydroxylation is 1. The molecule has 2 rings (SSSR count). The highest BCUT2D eigenvalue weighted by Crippen LogP contribution is 2.26. The molecular weight excluding hydrogens is 314 g/mol. The van der Waals surface area contributed by atoms with Crippen LogP contribution in [-0.2, 0) is 0 Å². The molecule has 0 spiro atoms. The summed E-state index contributed by atoms with van der Waals surface area (Å²) in [6.45, 7) is 3.98. The topological polar surface area (TPSA) is 53.6 Å². The number of urea groups is 1. The average Bonchev–Trinajstić information content (AvgIpc) is 2.55. The minimum Gasteiger partial charge on any atom is -0.495 e. The summed E-state index contributed by atoms with van der Waals surface area (Å²) < 4.78 is 5.31. The second-order valence-electron chi connectivity index (χ2n) is 6.41. The number of anilines is 1. The van der Waals surface area contributed by atoms with Crippen molar-refractivity contribution in [2.45, 2.75) is 25.9 Å². The number of nitrogens with one attached hydrogen (secondary N) is 2. The second kappa shape index (κ2) is 8.53. The van der Waals surface area contributed by atoms with Crippen molar-refractivity contribution in [2.24, 2.45) is 0 Å². The van der Waals surface area contributed by atoms with Gasteiger partial charge in [-0.1, -0.05) is 36.4 Å². The summed E-state index contributed by atoms with van der Waals surface area (Å²) in [5, 5.41) is 5.92. The van der Waals surface area contributed by atoms with E-state index in [9.17, 15) is 4.79 Å². The molecule has 0 saturated heterocycles. The van der Waals surface area contributed by atoms with Gasteiger partial charge in [0.05, 0.1) is 18.8 Å². The van der Waals surface area contributed by atoms with Crippen LogP contribution in [0.2, 0.25) is 0 Å². The van der Waals surface area contributed by atoms with Crippen LogP contribution in [0.15, 0.2) is 48.5 Å². The van der Waals surface area contributed by atoms with Crippen LogP contribution in [0.5, 0.6) is 5.75 Å². The number of carbonyl (C=O) groups excluding carboxylic acids is 1. The molecule has 0 bridgehead atoms. The zero-order valence-electron chi connectivity index (χ0n) is 15.5. The van der Waals surface area contributed by atoms with Gasteiger partial charge in [-0.05, 0) is 51.2 Å². The molecule has 0 unspecified atom stereocenters. The molecule has 0 heterocycles. The highest BCUT2D eigenvalue weighted by Gasteiger charge is 2.23. The molecule has 0 aliphatic carbocycles. The van der Waals surface area contributed by atoms with Gasteiger partial charge in [0.2, 0.25) is 0 Å². The Morgan fingerprint density at radius 2 is 1.80 bits per heavy atom. The molecule has 2 aromatic rings. The lowest BCUT2D eigenvalue weighted by atomic mass is 9.99. The predicted octanol–water partition coefficient (Wildman–Crippen LogP) is 3.82. The van der Waals surface area contributed by atoms with Crippen molar-refractivity contribution < 1.29 is 9.53 Å². The lowest BCUT2D eigenvalue weighted by Crippen LogP contribution is -2.44. The second-order valence-corrected chi connectivity index (χ2v) is 6.41. The van der Waals surface area contributed by atoms with Gasteiger partial charge in [0.15, 0.2) is 0 Å². The van der Waals surface area contributed by atoms with Crippen molar-refractivity contribution in [1.82, 2.24) is 10.2 Å². The first kappa shape index (κ1) is 18.8. The molecule has 2 amide bonds. The van der Waals surface area contributed by atoms with Gasteiger partial charge in [-0.3, -0.25) is 0 Å². The fourth-order valence-corrected chi connectivity index (χ4v) is 3.05. The van der Waals surface area contributed by atoms with Crippen molar-refractivity contribution in [1.29, 1.82) is 0 Å². The molecule has 2 aromatic carbocycles. The first-order valence-electron chi connectivity index (χ1n) is 8.36. The third-order valence-corrected chi connectivity index (χ3v) is 4.13. The highest BCUT2D eigenvalue weighted by atomic mass is 16.5. The zero-order chi connectivity index (χ0) is 18.4. The van der Waals surface area contributed by atoms with Gasteiger partial charge in [-0.25, -0.2) is 4.79 Å². The van der Waals surface area contributed by atoms with Gasteiger partial charge < -0.3 is 20.3 Å². The first-order valence-corrected chi connectivity index (χ1v) is 8.36. The highest BCUT2D eigenvalue weighted by molar-refractivity contribution is 5.91. The minimum absolute atomic E-state index is 0.0753. The van der Waals surface area contributed by atoms with E-state index < -0.39 is 0 Å². The van der Waals surface area contributed by atoms with Crippen molar-refractivity contribution in [3.05, 3.63) is 59.7 Å². The molecule has 5 heteroatoms. The maximum Gasteiger partial charge on any atom is 0.319 e. The average molecular weight is 341 g/mol. The standard InChI is InChI=1S/C20H27N3O2/c1-14-11-12-18(25-5)17(13-14)22-20(24)21-15(2)19(23(3)4)16-9-7-6-8-10-16/h6-13,15,19H,1-5H3,(H2,21,22,24)/t15-,19+/m1/s1. The van der Waals surface area contributed by atoms with Gasteiger partial charge in [0, 0.05) is 6.04 Å². The maximum atomic E-state index is 12.5. The molecular formula is C20H27N3O2. The quantitative estimate of drug-likeness (QED) is 0.840. The number of nitrogens with zero attached hydrogens (tertiary/aromatic N) is 1. The number of likely N-dealkylation sites (N-methyl/N-ethyl adjacent to an activating group) is 1. The Morgan fingerprint density at radius 3 is 2.40 bits per heavy atom. The molecule has 0 aliphatic rings. The molecule has 2 N–H and O–H groups in total. The van der Waals surface area contributed by atoms with E-state index in [1.165, 1.54) is 0 Å². The van der Waals surface area contributed by atoms with E-state index in [0.29, 0.717) is 11.4 Å². The van der Waals surface area contributed by atoms with Crippen LogP contribution in [0.25, 0.3) is 0 Å². The molecule has 0 fully saturated rings. The number of amides is 2. The molecule has 0 aliphatic heterocycles. The van der Waals surface area contributed by atoms with Crippen molar-refractivity contribution in [3.63, 3.8) is 0 Å². The number of hydrogen-bond acceptors (Lipinski definition) is 3. The smallest absolute Gasteiger partial charge is 0.319 e. The molecule has 2 atom stereocenters. The van der Waals surface area contributed by atoms with Gasteiger partial charge in [-0.15, -0.1) is 0 Å². The number of methoxy groups -OCH3 is 1. The number of ether oxygens (including phenoxy) is 1. The van der Waals surface area contributed by atoms with Gasteiger partial charge in [0.25, 0.3) is 0 Å². The summed E-state index contributed by atoms with van der Waals surface area (Å²) in [4.78, 5) is 14.6. The normalized spacial score (nSPS) is 13.2. The summed E-state index contributed by atoms with van der Waals surface area (Å²) in [5.74, 6) is 0.639. The van der Waals surface area contributed by atoms with Crippen LogP contribution in [0.4, 0.5) is 10.5 Å². The SMILES string of the molecule is COc1ccc(C)cc1NC(=O)N[C@H](C)[C@@H](c1ccccc1)N(C)C. The van der Waals surface area contributed by atoms with Crippen LogP contribution < -0.4 is 15.4 Å². The fourth-order valence-electron chi connectivity index (χ4n) is 3.05. The van der Waals surface area contributed by atoms with E-state index >= 15 is 0 Å². The van der Waals surface area contributed by atoms with Gasteiger partial charge >= 0.3 is 6.03 Å². The molecule has 25 heavy (non-hydrogen) atoms. The van der Waals surface area contributed by atoms with Crippen LogP contribution >= 0.6 is 0 Å². The molecule has 0 aromatic heterocycles. The molecule has 5 nitrogen and oxygen atoms in total. The minimum atomic E-state index is -0.251. The molecule has 134 valence electrons. The third-order valence-electron chi connectivity index (χ3n) is 4.13. The summed E-state index contributed by atoms with van der Waals surface area (Å²) in [5.41, 5.74) is 2.88. The molecule has 0 saturated carbocycles. The Labute approximate surface area is 150 Å². The summed E-state index contributed by atoms with van der Waals surface area (Å²) >= 11 is 0. The summed E-state index contributed by atoms with van der Waals surface area (Å²) in [6.07, 6.45) is 0. The first-order chi connectivity index (χ1) is 11.9. The number of hydrogen-bond donors (Lipinski definition) is 2. The third kappa shape index (κ3) is 4.97. The Morgan fingerprint density at radius 1 is 1.12 bits per heavy atom. The van der Waals surface area contributed by atoms with Crippen LogP contribution in [0.1, 0.15) is 24.1 Å². The van der Waals surface area contributed by atoms with E-state index in [2.05, 4.69) is 27.7 Å². The maximum absolute atomic E-state index is 12.5. The van der Waals surface area contributed by atoms with Crippen molar-refractivity contribution in [3.8, 4) is 5.75 Å². The van der Waals surface area contributed by atoms with Gasteiger partial charge in [-0.2, -0.15) is 0 Å². The van der Waals surface area contributed by atoms with Gasteiger partial charge in [0.1, 0.15) is 5.75 Å². The summed E-state index contributed by atoms with van der Waals surface area (Å²) in [6, 6.07) is 15.6. The largest absolute Gasteiger partial charge is 0.495 e. The van der Waals surface area contributed by atoms with Crippen LogP contribution in [0, 0.1) is 6.92 Å². The summed E-state index contributed by atoms with van der Waals surface area (Å²) in [7, 11) is 5.61. The zero-order valence-corrected chi connectivity index (χ0v) is 15.5. The lowest BCUT2D eigenvalue weighted by molar-refractivity contribution is 0.223. The van der Waals surface area contributed by atoms with Crippen LogP contribution in [-0.4, -0.2) is 38.2 Å². The van der Waals surface area contributed by atoms with Crippen molar-refractivity contribution >= 4 is 11.7 Å². The Kier molecular flexibility index (Phi) is 6.42.